The molecule has 1 aliphatic carbocycles. The first-order chi connectivity index (χ1) is 19.2. The Kier molecular flexibility index (Phi) is 11.0. The van der Waals surface area contributed by atoms with Crippen molar-refractivity contribution in [2.24, 2.45) is 17.3 Å². The van der Waals surface area contributed by atoms with Crippen molar-refractivity contribution in [2.75, 3.05) is 13.7 Å². The quantitative estimate of drug-likeness (QED) is 0.199. The summed E-state index contributed by atoms with van der Waals surface area (Å²) in [6, 6.07) is 0. The number of allylic oxidation sites excluding steroid dienone is 1. The first-order valence-corrected chi connectivity index (χ1v) is 14.3. The molecule has 1 aliphatic heterocycles. The van der Waals surface area contributed by atoms with Crippen molar-refractivity contribution in [2.45, 2.75) is 97.1 Å². The number of aldehydes is 1. The van der Waals surface area contributed by atoms with E-state index < -0.39 is 48.8 Å². The number of rotatable bonds is 10. The van der Waals surface area contributed by atoms with Crippen molar-refractivity contribution in [3.05, 3.63) is 33.4 Å². The Labute approximate surface area is 245 Å². The van der Waals surface area contributed by atoms with E-state index in [4.69, 9.17) is 25.8 Å². The van der Waals surface area contributed by atoms with Crippen LogP contribution in [0.1, 0.15) is 68.4 Å². The number of halogens is 1. The van der Waals surface area contributed by atoms with Crippen LogP contribution in [0.2, 0.25) is 5.02 Å². The first-order valence-electron chi connectivity index (χ1n) is 13.9. The third-order valence-corrected chi connectivity index (χ3v) is 9.92. The predicted octanol–water partition coefficient (Wildman–Crippen LogP) is 3.23. The lowest BCUT2D eigenvalue weighted by molar-refractivity contribution is -0.313. The molecule has 2 fully saturated rings. The van der Waals surface area contributed by atoms with Crippen LogP contribution in [0.4, 0.5) is 0 Å². The van der Waals surface area contributed by atoms with Crippen molar-refractivity contribution < 1.29 is 49.3 Å². The van der Waals surface area contributed by atoms with E-state index >= 15 is 0 Å². The highest BCUT2D eigenvalue weighted by Gasteiger charge is 2.49. The van der Waals surface area contributed by atoms with Crippen molar-refractivity contribution in [3.8, 4) is 11.5 Å². The van der Waals surface area contributed by atoms with E-state index in [2.05, 4.69) is 6.92 Å². The maximum Gasteiger partial charge on any atom is 0.187 e. The van der Waals surface area contributed by atoms with Gasteiger partial charge in [0.25, 0.3) is 0 Å². The largest absolute Gasteiger partial charge is 0.507 e. The van der Waals surface area contributed by atoms with Crippen molar-refractivity contribution >= 4 is 23.7 Å². The summed E-state index contributed by atoms with van der Waals surface area (Å²) in [5.74, 6) is -0.664. The minimum Gasteiger partial charge on any atom is -0.507 e. The van der Waals surface area contributed by atoms with Crippen LogP contribution in [0.3, 0.4) is 0 Å². The summed E-state index contributed by atoms with van der Waals surface area (Å²) < 4.78 is 17.4. The highest BCUT2D eigenvalue weighted by atomic mass is 35.5. The first kappa shape index (κ1) is 33.5. The number of carbonyl (C=O) groups excluding carboxylic acids is 2. The molecule has 1 aromatic carbocycles. The summed E-state index contributed by atoms with van der Waals surface area (Å²) in [7, 11) is 1.34. The number of ketones is 1. The number of aromatic hydroxyl groups is 2. The van der Waals surface area contributed by atoms with Crippen LogP contribution < -0.4 is 0 Å². The van der Waals surface area contributed by atoms with Gasteiger partial charge in [-0.1, -0.05) is 38.4 Å². The second-order valence-corrected chi connectivity index (χ2v) is 12.0. The van der Waals surface area contributed by atoms with E-state index in [1.165, 1.54) is 14.0 Å². The van der Waals surface area contributed by atoms with Crippen LogP contribution in [0.25, 0.3) is 0 Å². The Morgan fingerprint density at radius 2 is 1.88 bits per heavy atom. The molecule has 10 nitrogen and oxygen atoms in total. The monoisotopic (exact) mass is 598 g/mol. The Bertz CT molecular complexity index is 1150. The minimum absolute atomic E-state index is 0.00727. The predicted molar refractivity (Wildman–Crippen MR) is 151 cm³/mol. The van der Waals surface area contributed by atoms with Crippen LogP contribution >= 0.6 is 11.6 Å². The molecule has 11 heteroatoms. The van der Waals surface area contributed by atoms with Gasteiger partial charge in [-0.25, -0.2) is 0 Å². The summed E-state index contributed by atoms with van der Waals surface area (Å²) in [5, 5.41) is 52.6. The number of Topliss-reactive ketones (excluding diaryl/α,β-unsaturated/α-hetero) is 1. The number of phenolic OH excluding ortho intramolecular Hbond substituents is 2. The molecule has 1 aromatic rings. The van der Waals surface area contributed by atoms with Gasteiger partial charge in [0.2, 0.25) is 0 Å². The van der Waals surface area contributed by atoms with E-state index in [0.29, 0.717) is 24.7 Å². The third kappa shape index (κ3) is 6.49. The van der Waals surface area contributed by atoms with Crippen LogP contribution in [-0.2, 0) is 25.4 Å². The Morgan fingerprint density at radius 3 is 2.46 bits per heavy atom. The molecule has 0 aromatic heterocycles. The second kappa shape index (κ2) is 13.5. The SMILES string of the molecule is COC1C(CO)O[C@@H](O[C@H](C[C@@]2(C)[C@H](C)CCC(=O)[C@@H]2C)/C(C)=C/Cc2c(O)c(Cl)c(C)c(C=O)c2O)C(O)C1O. The Balaban J connectivity index is 2.00. The smallest absolute Gasteiger partial charge is 0.187 e. The molecule has 3 rings (SSSR count). The van der Waals surface area contributed by atoms with Crippen molar-refractivity contribution in [3.63, 3.8) is 0 Å². The zero-order valence-electron chi connectivity index (χ0n) is 24.5. The van der Waals surface area contributed by atoms with Gasteiger partial charge in [0.1, 0.15) is 41.7 Å². The highest BCUT2D eigenvalue weighted by Crippen LogP contribution is 2.48. The van der Waals surface area contributed by atoms with Gasteiger partial charge < -0.3 is 39.7 Å². The van der Waals surface area contributed by atoms with Gasteiger partial charge in [0, 0.05) is 25.0 Å². The highest BCUT2D eigenvalue weighted by molar-refractivity contribution is 6.33. The fourth-order valence-electron chi connectivity index (χ4n) is 6.02. The molecule has 0 spiro atoms. The summed E-state index contributed by atoms with van der Waals surface area (Å²) >= 11 is 6.22. The molecule has 1 saturated heterocycles. The molecule has 230 valence electrons. The number of carbonyl (C=O) groups is 2. The van der Waals surface area contributed by atoms with Gasteiger partial charge in [-0.05, 0) is 55.6 Å². The number of aliphatic hydroxyl groups is 3. The van der Waals surface area contributed by atoms with Crippen LogP contribution in [-0.4, -0.2) is 88.1 Å². The number of hydrogen-bond acceptors (Lipinski definition) is 10. The lowest BCUT2D eigenvalue weighted by Crippen LogP contribution is -2.60. The lowest BCUT2D eigenvalue weighted by atomic mass is 9.59. The van der Waals surface area contributed by atoms with E-state index in [-0.39, 0.29) is 57.3 Å². The standard InChI is InChI=1S/C30H43ClO10/c1-14(7-9-18-24(35)19(12-32)16(3)23(31)25(18)36)21(11-30(5)15(2)8-10-20(34)17(30)4)40-29-27(38)26(37)28(39-6)22(13-33)41-29/h7,12,15,17,21-22,26-29,33,35-38H,8-11,13H2,1-6H3/b14-7+/t15-,17+,21-,22?,26?,27?,28?,29-,30+/m1/s1. The van der Waals surface area contributed by atoms with Gasteiger partial charge >= 0.3 is 0 Å². The van der Waals surface area contributed by atoms with Crippen molar-refractivity contribution in [1.82, 2.24) is 0 Å². The summed E-state index contributed by atoms with van der Waals surface area (Å²) in [6.45, 7) is 8.83. The number of methoxy groups -OCH3 is 1. The average molecular weight is 599 g/mol. The number of aliphatic hydroxyl groups excluding tert-OH is 3. The molecular weight excluding hydrogens is 556 g/mol. The molecule has 41 heavy (non-hydrogen) atoms. The molecule has 5 N–H and O–H groups in total. The van der Waals surface area contributed by atoms with Crippen LogP contribution in [0.5, 0.6) is 11.5 Å². The number of hydrogen-bond donors (Lipinski definition) is 5. The lowest BCUT2D eigenvalue weighted by Gasteiger charge is -2.47. The van der Waals surface area contributed by atoms with Gasteiger partial charge in [-0.2, -0.15) is 0 Å². The maximum absolute atomic E-state index is 12.8. The normalized spacial score (nSPS) is 33.6. The van der Waals surface area contributed by atoms with Crippen LogP contribution in [0.15, 0.2) is 11.6 Å². The number of ether oxygens (including phenoxy) is 3. The molecule has 0 radical (unpaired) electrons. The topological polar surface area (TPSA) is 163 Å². The van der Waals surface area contributed by atoms with E-state index in [1.807, 2.05) is 13.8 Å². The molecule has 9 atom stereocenters. The molecule has 1 heterocycles. The zero-order chi connectivity index (χ0) is 30.8. The molecule has 0 bridgehead atoms. The van der Waals surface area contributed by atoms with E-state index in [1.54, 1.807) is 13.0 Å². The average Bonchev–Trinajstić information content (AvgIpc) is 2.95. The summed E-state index contributed by atoms with van der Waals surface area (Å²) in [5.41, 5.74) is 0.449. The zero-order valence-corrected chi connectivity index (χ0v) is 25.2. The number of phenols is 2. The second-order valence-electron chi connectivity index (χ2n) is 11.7. The van der Waals surface area contributed by atoms with E-state index in [9.17, 15) is 35.1 Å². The van der Waals surface area contributed by atoms with Gasteiger partial charge in [0.15, 0.2) is 12.6 Å². The van der Waals surface area contributed by atoms with Gasteiger partial charge in [-0.15, -0.1) is 0 Å². The molecule has 4 unspecified atom stereocenters. The van der Waals surface area contributed by atoms with Gasteiger partial charge in [0.05, 0.1) is 23.3 Å². The Hall–Kier alpha value is -2.05. The van der Waals surface area contributed by atoms with E-state index in [0.717, 1.165) is 6.42 Å². The summed E-state index contributed by atoms with van der Waals surface area (Å²) in [6.07, 6.45) is -3.13. The van der Waals surface area contributed by atoms with Crippen molar-refractivity contribution in [1.29, 1.82) is 0 Å². The van der Waals surface area contributed by atoms with Crippen LogP contribution in [0, 0.1) is 24.2 Å². The maximum atomic E-state index is 12.8. The van der Waals surface area contributed by atoms with Gasteiger partial charge in [-0.3, -0.25) is 9.59 Å². The fourth-order valence-corrected chi connectivity index (χ4v) is 6.24. The minimum atomic E-state index is -1.49. The number of benzene rings is 1. The third-order valence-electron chi connectivity index (χ3n) is 9.46. The molecule has 0 amide bonds. The fraction of sp³-hybridized carbons (Fsp3) is 0.667. The molecule has 2 aliphatic rings. The molecular formula is C30H43ClO10. The Morgan fingerprint density at radius 1 is 1.22 bits per heavy atom. The summed E-state index contributed by atoms with van der Waals surface area (Å²) in [4.78, 5) is 24.3. The molecule has 1 saturated carbocycles.